The molecule has 2 aromatic heterocycles. The van der Waals surface area contributed by atoms with Crippen molar-refractivity contribution in [1.29, 1.82) is 0 Å². The van der Waals surface area contributed by atoms with Gasteiger partial charge in [0.2, 0.25) is 21.7 Å². The van der Waals surface area contributed by atoms with Crippen molar-refractivity contribution in [3.8, 4) is 22.9 Å². The van der Waals surface area contributed by atoms with E-state index >= 15 is 0 Å². The fraction of sp³-hybridized carbons (Fsp3) is 0.409. The van der Waals surface area contributed by atoms with Crippen LogP contribution in [0.25, 0.3) is 11.4 Å². The van der Waals surface area contributed by atoms with Gasteiger partial charge >= 0.3 is 0 Å². The second-order valence-corrected chi connectivity index (χ2v) is 10.5. The van der Waals surface area contributed by atoms with Crippen LogP contribution < -0.4 is 9.47 Å². The van der Waals surface area contributed by atoms with Gasteiger partial charge < -0.3 is 14.0 Å². The summed E-state index contributed by atoms with van der Waals surface area (Å²) < 4.78 is 43.3. The Morgan fingerprint density at radius 3 is 2.52 bits per heavy atom. The van der Waals surface area contributed by atoms with Gasteiger partial charge in [0.15, 0.2) is 0 Å². The van der Waals surface area contributed by atoms with Crippen molar-refractivity contribution in [3.63, 3.8) is 0 Å². The molecule has 0 atom stereocenters. The Bertz CT molecular complexity index is 1170. The highest BCUT2D eigenvalue weighted by molar-refractivity contribution is 7.98. The third kappa shape index (κ3) is 5.48. The highest BCUT2D eigenvalue weighted by Gasteiger charge is 2.25. The summed E-state index contributed by atoms with van der Waals surface area (Å²) in [7, 11) is -0.355. The van der Waals surface area contributed by atoms with Gasteiger partial charge in [0.25, 0.3) is 0 Å². The van der Waals surface area contributed by atoms with Crippen molar-refractivity contribution >= 4 is 21.8 Å². The summed E-state index contributed by atoms with van der Waals surface area (Å²) in [6.45, 7) is 1.13. The van der Waals surface area contributed by atoms with Crippen molar-refractivity contribution < 1.29 is 22.4 Å². The fourth-order valence-corrected chi connectivity index (χ4v) is 5.72. The number of hydrogen-bond donors (Lipinski definition) is 0. The lowest BCUT2D eigenvalue weighted by molar-refractivity contribution is 0.388. The van der Waals surface area contributed by atoms with Crippen LogP contribution in [0.1, 0.15) is 31.6 Å². The largest absolute Gasteiger partial charge is 0.497 e. The van der Waals surface area contributed by atoms with Gasteiger partial charge in [-0.3, -0.25) is 0 Å². The second kappa shape index (κ2) is 10.5. The molecule has 0 unspecified atom stereocenters. The molecule has 3 heterocycles. The molecule has 33 heavy (non-hydrogen) atoms. The number of methoxy groups -OCH3 is 2. The first-order valence-electron chi connectivity index (χ1n) is 10.7. The Labute approximate surface area is 197 Å². The number of pyridine rings is 1. The van der Waals surface area contributed by atoms with Crippen LogP contribution in [-0.2, 0) is 15.8 Å². The molecule has 1 fully saturated rings. The highest BCUT2D eigenvalue weighted by Crippen LogP contribution is 2.32. The zero-order valence-corrected chi connectivity index (χ0v) is 20.2. The third-order valence-corrected chi connectivity index (χ3v) is 8.18. The predicted molar refractivity (Wildman–Crippen MR) is 124 cm³/mol. The number of ether oxygens (including phenoxy) is 2. The van der Waals surface area contributed by atoms with E-state index in [0.29, 0.717) is 52.6 Å². The number of benzene rings is 1. The fourth-order valence-electron chi connectivity index (χ4n) is 3.58. The summed E-state index contributed by atoms with van der Waals surface area (Å²) in [6.07, 6.45) is 5.36. The van der Waals surface area contributed by atoms with Crippen LogP contribution in [0.3, 0.4) is 0 Å². The molecule has 0 saturated carbocycles. The predicted octanol–water partition coefficient (Wildman–Crippen LogP) is 4.01. The minimum atomic E-state index is -3.51. The van der Waals surface area contributed by atoms with Crippen LogP contribution in [0.4, 0.5) is 0 Å². The van der Waals surface area contributed by atoms with Crippen LogP contribution in [-0.4, -0.2) is 55.2 Å². The van der Waals surface area contributed by atoms with Gasteiger partial charge in [0.1, 0.15) is 16.4 Å². The van der Waals surface area contributed by atoms with Crippen molar-refractivity contribution in [2.45, 2.75) is 41.4 Å². The third-order valence-electron chi connectivity index (χ3n) is 5.37. The monoisotopic (exact) mass is 490 g/mol. The van der Waals surface area contributed by atoms with Crippen LogP contribution in [0.5, 0.6) is 11.5 Å². The molecule has 1 aromatic carbocycles. The summed E-state index contributed by atoms with van der Waals surface area (Å²) in [6, 6.07) is 8.68. The van der Waals surface area contributed by atoms with E-state index in [1.165, 1.54) is 18.0 Å². The summed E-state index contributed by atoms with van der Waals surface area (Å²) in [5.41, 5.74) is 0.694. The average molecular weight is 491 g/mol. The minimum Gasteiger partial charge on any atom is -0.497 e. The van der Waals surface area contributed by atoms with E-state index in [-0.39, 0.29) is 4.90 Å². The van der Waals surface area contributed by atoms with E-state index in [9.17, 15) is 8.42 Å². The molecule has 0 radical (unpaired) electrons. The molecule has 0 N–H and O–H groups in total. The van der Waals surface area contributed by atoms with Gasteiger partial charge in [-0.25, -0.2) is 13.4 Å². The van der Waals surface area contributed by atoms with Gasteiger partial charge in [0.05, 0.1) is 30.6 Å². The van der Waals surface area contributed by atoms with Crippen molar-refractivity contribution in [2.24, 2.45) is 0 Å². The molecule has 11 heteroatoms. The summed E-state index contributed by atoms with van der Waals surface area (Å²) in [5.74, 6) is 2.49. The Hall–Kier alpha value is -2.63. The van der Waals surface area contributed by atoms with Gasteiger partial charge in [-0.1, -0.05) is 29.8 Å². The lowest BCUT2D eigenvalue weighted by Crippen LogP contribution is -2.32. The van der Waals surface area contributed by atoms with E-state index in [2.05, 4.69) is 15.1 Å². The molecule has 1 aliphatic rings. The van der Waals surface area contributed by atoms with E-state index in [1.807, 2.05) is 6.07 Å². The maximum Gasteiger partial charge on any atom is 0.244 e. The van der Waals surface area contributed by atoms with Crippen molar-refractivity contribution in [3.05, 3.63) is 42.4 Å². The standard InChI is InChI=1S/C22H26N4O5S2/c1-29-16-7-9-18(19(13-16)30-2)22-24-20(31-25-22)15-32-21-10-8-17(14-23-21)33(27,28)26-11-5-3-4-6-12-26/h7-10,13-14H,3-6,11-12,15H2,1-2H3. The molecule has 0 aliphatic carbocycles. The maximum atomic E-state index is 12.9. The average Bonchev–Trinajstić information content (AvgIpc) is 3.13. The molecule has 0 amide bonds. The Balaban J connectivity index is 1.41. The smallest absolute Gasteiger partial charge is 0.244 e. The molecule has 1 saturated heterocycles. The Kier molecular flexibility index (Phi) is 7.51. The maximum absolute atomic E-state index is 12.9. The summed E-state index contributed by atoms with van der Waals surface area (Å²) >= 11 is 1.39. The van der Waals surface area contributed by atoms with Crippen molar-refractivity contribution in [1.82, 2.24) is 19.4 Å². The van der Waals surface area contributed by atoms with Gasteiger partial charge in [-0.2, -0.15) is 9.29 Å². The SMILES string of the molecule is COc1ccc(-c2noc(CSc3ccc(S(=O)(=O)N4CCCCCC4)cn3)n2)c(OC)c1. The zero-order chi connectivity index (χ0) is 23.3. The van der Waals surface area contributed by atoms with Gasteiger partial charge in [0, 0.05) is 25.4 Å². The van der Waals surface area contributed by atoms with E-state index < -0.39 is 10.0 Å². The number of rotatable bonds is 8. The molecule has 1 aliphatic heterocycles. The lowest BCUT2D eigenvalue weighted by atomic mass is 10.2. The van der Waals surface area contributed by atoms with E-state index in [4.69, 9.17) is 14.0 Å². The number of aromatic nitrogens is 3. The summed E-state index contributed by atoms with van der Waals surface area (Å²) in [4.78, 5) is 8.98. The first kappa shape index (κ1) is 23.5. The number of thioether (sulfide) groups is 1. The Morgan fingerprint density at radius 2 is 1.85 bits per heavy atom. The number of sulfonamides is 1. The van der Waals surface area contributed by atoms with Crippen LogP contribution >= 0.6 is 11.8 Å². The van der Waals surface area contributed by atoms with Crippen LogP contribution in [0, 0.1) is 0 Å². The molecule has 4 rings (SSSR count). The Morgan fingerprint density at radius 1 is 1.06 bits per heavy atom. The minimum absolute atomic E-state index is 0.223. The van der Waals surface area contributed by atoms with Gasteiger partial charge in [-0.15, -0.1) is 0 Å². The quantitative estimate of drug-likeness (QED) is 0.433. The first-order chi connectivity index (χ1) is 16.0. The molecular weight excluding hydrogens is 464 g/mol. The van der Waals surface area contributed by atoms with Gasteiger partial charge in [-0.05, 0) is 37.1 Å². The zero-order valence-electron chi connectivity index (χ0n) is 18.6. The molecule has 9 nitrogen and oxygen atoms in total. The molecule has 0 bridgehead atoms. The lowest BCUT2D eigenvalue weighted by Gasteiger charge is -2.19. The van der Waals surface area contributed by atoms with Crippen LogP contribution in [0.2, 0.25) is 0 Å². The summed E-state index contributed by atoms with van der Waals surface area (Å²) in [5, 5.41) is 4.72. The molecular formula is C22H26N4O5S2. The number of nitrogens with zero attached hydrogens (tertiary/aromatic N) is 4. The molecule has 0 spiro atoms. The van der Waals surface area contributed by atoms with Crippen LogP contribution in [0.15, 0.2) is 51.0 Å². The highest BCUT2D eigenvalue weighted by atomic mass is 32.2. The van der Waals surface area contributed by atoms with Crippen molar-refractivity contribution in [2.75, 3.05) is 27.3 Å². The van der Waals surface area contributed by atoms with E-state index in [1.54, 1.807) is 42.8 Å². The normalized spacial score (nSPS) is 15.2. The number of hydrogen-bond acceptors (Lipinski definition) is 9. The molecule has 3 aromatic rings. The first-order valence-corrected chi connectivity index (χ1v) is 13.1. The molecule has 176 valence electrons. The second-order valence-electron chi connectivity index (χ2n) is 7.52. The topological polar surface area (TPSA) is 108 Å². The van der Waals surface area contributed by atoms with E-state index in [0.717, 1.165) is 25.7 Å².